The number of anilines is 1. The summed E-state index contributed by atoms with van der Waals surface area (Å²) in [6, 6.07) is 4.83. The highest BCUT2D eigenvalue weighted by Crippen LogP contribution is 2.34. The second-order valence-corrected chi connectivity index (χ2v) is 5.72. The zero-order valence-electron chi connectivity index (χ0n) is 10.9. The van der Waals surface area contributed by atoms with Crippen LogP contribution in [0.15, 0.2) is 18.2 Å². The maximum absolute atomic E-state index is 13.9. The summed E-state index contributed by atoms with van der Waals surface area (Å²) in [5, 5.41) is 4.19. The minimum atomic E-state index is -0.350. The van der Waals surface area contributed by atoms with Crippen molar-refractivity contribution < 1.29 is 4.39 Å². The number of halogens is 2. The van der Waals surface area contributed by atoms with Crippen LogP contribution in [-0.4, -0.2) is 12.0 Å². The van der Waals surface area contributed by atoms with Gasteiger partial charge in [-0.25, -0.2) is 9.37 Å². The zero-order valence-corrected chi connectivity index (χ0v) is 11.7. The molecule has 96 valence electrons. The van der Waals surface area contributed by atoms with E-state index in [0.717, 1.165) is 11.4 Å². The minimum Gasteiger partial charge on any atom is -0.387 e. The van der Waals surface area contributed by atoms with E-state index in [0.29, 0.717) is 15.9 Å². The van der Waals surface area contributed by atoms with Crippen LogP contribution in [0.1, 0.15) is 26.5 Å². The Balaban J connectivity index is 2.88. The summed E-state index contributed by atoms with van der Waals surface area (Å²) in [4.78, 5) is 4.42. The average molecular weight is 267 g/mol. The number of nitrogens with zero attached hydrogens (tertiary/aromatic N) is 1. The van der Waals surface area contributed by atoms with E-state index in [2.05, 4.69) is 10.3 Å². The van der Waals surface area contributed by atoms with Gasteiger partial charge in [0.05, 0.1) is 5.02 Å². The van der Waals surface area contributed by atoms with Crippen LogP contribution in [0.2, 0.25) is 5.02 Å². The predicted octanol–water partition coefficient (Wildman–Crippen LogP) is 4.37. The van der Waals surface area contributed by atoms with Crippen molar-refractivity contribution in [3.05, 3.63) is 34.7 Å². The van der Waals surface area contributed by atoms with Crippen LogP contribution >= 0.6 is 11.6 Å². The van der Waals surface area contributed by atoms with Crippen molar-refractivity contribution in [2.24, 2.45) is 0 Å². The fraction of sp³-hybridized carbons (Fsp3) is 0.357. The Kier molecular flexibility index (Phi) is 3.20. The van der Waals surface area contributed by atoms with Gasteiger partial charge < -0.3 is 5.32 Å². The summed E-state index contributed by atoms with van der Waals surface area (Å²) in [7, 11) is 1.79. The van der Waals surface area contributed by atoms with Crippen molar-refractivity contribution >= 4 is 28.2 Å². The van der Waals surface area contributed by atoms with E-state index in [-0.39, 0.29) is 11.2 Å². The first-order chi connectivity index (χ1) is 8.34. The van der Waals surface area contributed by atoms with Gasteiger partial charge >= 0.3 is 0 Å². The molecule has 0 bridgehead atoms. The molecule has 2 nitrogen and oxygen atoms in total. The fourth-order valence-electron chi connectivity index (χ4n) is 1.85. The molecule has 0 fully saturated rings. The van der Waals surface area contributed by atoms with Gasteiger partial charge in [-0.3, -0.25) is 0 Å². The molecule has 2 rings (SSSR count). The summed E-state index contributed by atoms with van der Waals surface area (Å²) in [5.74, 6) is -0.350. The second kappa shape index (κ2) is 4.39. The second-order valence-electron chi connectivity index (χ2n) is 5.31. The molecule has 18 heavy (non-hydrogen) atoms. The summed E-state index contributed by atoms with van der Waals surface area (Å²) < 4.78 is 13.9. The molecule has 4 heteroatoms. The third kappa shape index (κ3) is 2.15. The molecule has 0 spiro atoms. The van der Waals surface area contributed by atoms with E-state index < -0.39 is 0 Å². The summed E-state index contributed by atoms with van der Waals surface area (Å²) in [6.07, 6.45) is 0. The monoisotopic (exact) mass is 266 g/mol. The molecule has 1 aromatic heterocycles. The number of benzene rings is 1. The molecule has 1 heterocycles. The first-order valence-electron chi connectivity index (χ1n) is 5.81. The Morgan fingerprint density at radius 2 is 1.94 bits per heavy atom. The van der Waals surface area contributed by atoms with E-state index in [9.17, 15) is 4.39 Å². The molecule has 0 saturated heterocycles. The lowest BCUT2D eigenvalue weighted by Crippen LogP contribution is -2.14. The number of pyridine rings is 1. The first-order valence-corrected chi connectivity index (χ1v) is 6.19. The zero-order chi connectivity index (χ0) is 13.5. The molecule has 0 radical (unpaired) electrons. The van der Waals surface area contributed by atoms with Gasteiger partial charge in [0.1, 0.15) is 11.3 Å². The van der Waals surface area contributed by atoms with Gasteiger partial charge in [-0.2, -0.15) is 0 Å². The lowest BCUT2D eigenvalue weighted by atomic mass is 9.90. The number of hydrogen-bond acceptors (Lipinski definition) is 2. The van der Waals surface area contributed by atoms with E-state index in [1.54, 1.807) is 13.1 Å². The maximum Gasteiger partial charge on any atom is 0.149 e. The lowest BCUT2D eigenvalue weighted by Gasteiger charge is -2.20. The fourth-order valence-corrected chi connectivity index (χ4v) is 2.10. The van der Waals surface area contributed by atoms with Crippen LogP contribution < -0.4 is 5.32 Å². The third-order valence-corrected chi connectivity index (χ3v) is 3.21. The largest absolute Gasteiger partial charge is 0.387 e. The summed E-state index contributed by atoms with van der Waals surface area (Å²) in [6.45, 7) is 6.13. The SMILES string of the molecule is CNc1cc(C(C)(C)C)nc2c(F)ccc(Cl)c12. The van der Waals surface area contributed by atoms with Crippen molar-refractivity contribution in [1.82, 2.24) is 4.98 Å². The topological polar surface area (TPSA) is 24.9 Å². The highest BCUT2D eigenvalue weighted by molar-refractivity contribution is 6.36. The Labute approximate surface area is 111 Å². The van der Waals surface area contributed by atoms with Crippen molar-refractivity contribution in [2.75, 3.05) is 12.4 Å². The molecule has 0 saturated carbocycles. The Morgan fingerprint density at radius 1 is 1.28 bits per heavy atom. The van der Waals surface area contributed by atoms with Crippen molar-refractivity contribution in [3.8, 4) is 0 Å². The van der Waals surface area contributed by atoms with Crippen LogP contribution in [0.25, 0.3) is 10.9 Å². The van der Waals surface area contributed by atoms with E-state index >= 15 is 0 Å². The van der Waals surface area contributed by atoms with Gasteiger partial charge in [0.25, 0.3) is 0 Å². The molecule has 0 amide bonds. The number of fused-ring (bicyclic) bond motifs is 1. The van der Waals surface area contributed by atoms with E-state index in [4.69, 9.17) is 11.6 Å². The van der Waals surface area contributed by atoms with Crippen LogP contribution in [-0.2, 0) is 5.41 Å². The summed E-state index contributed by atoms with van der Waals surface area (Å²) >= 11 is 6.13. The van der Waals surface area contributed by atoms with Gasteiger partial charge in [0.2, 0.25) is 0 Å². The highest BCUT2D eigenvalue weighted by atomic mass is 35.5. The minimum absolute atomic E-state index is 0.144. The number of rotatable bonds is 1. The lowest BCUT2D eigenvalue weighted by molar-refractivity contribution is 0.569. The van der Waals surface area contributed by atoms with Crippen molar-refractivity contribution in [2.45, 2.75) is 26.2 Å². The average Bonchev–Trinajstić information content (AvgIpc) is 2.31. The van der Waals surface area contributed by atoms with Gasteiger partial charge in [0, 0.05) is 29.2 Å². The number of nitrogens with one attached hydrogen (secondary N) is 1. The van der Waals surface area contributed by atoms with Crippen LogP contribution in [0.5, 0.6) is 0 Å². The molecular formula is C14H16ClFN2. The van der Waals surface area contributed by atoms with Crippen molar-refractivity contribution in [1.29, 1.82) is 0 Å². The molecule has 0 unspecified atom stereocenters. The van der Waals surface area contributed by atoms with Gasteiger partial charge in [-0.1, -0.05) is 32.4 Å². The van der Waals surface area contributed by atoms with Gasteiger partial charge in [-0.15, -0.1) is 0 Å². The van der Waals surface area contributed by atoms with E-state index in [1.807, 2.05) is 26.8 Å². The molecule has 1 aromatic carbocycles. The number of hydrogen-bond donors (Lipinski definition) is 1. The molecule has 2 aromatic rings. The molecule has 0 atom stereocenters. The van der Waals surface area contributed by atoms with Crippen LogP contribution in [0, 0.1) is 5.82 Å². The normalized spacial score (nSPS) is 11.9. The molecule has 0 aliphatic rings. The predicted molar refractivity (Wildman–Crippen MR) is 75.0 cm³/mol. The molecule has 1 N–H and O–H groups in total. The Hall–Kier alpha value is -1.35. The standard InChI is InChI=1S/C14H16ClFN2/c1-14(2,3)11-7-10(17-4)12-8(15)5-6-9(16)13(12)18-11/h5-7H,1-4H3,(H,17,18). The quantitative estimate of drug-likeness (QED) is 0.829. The summed E-state index contributed by atoms with van der Waals surface area (Å²) in [5.41, 5.74) is 1.81. The van der Waals surface area contributed by atoms with Crippen molar-refractivity contribution in [3.63, 3.8) is 0 Å². The van der Waals surface area contributed by atoms with Gasteiger partial charge in [0.15, 0.2) is 0 Å². The van der Waals surface area contributed by atoms with Gasteiger partial charge in [-0.05, 0) is 18.2 Å². The first kappa shape index (κ1) is 13.1. The maximum atomic E-state index is 13.9. The number of aromatic nitrogens is 1. The Morgan fingerprint density at radius 3 is 2.50 bits per heavy atom. The van der Waals surface area contributed by atoms with Crippen LogP contribution in [0.3, 0.4) is 0 Å². The molecule has 0 aliphatic heterocycles. The van der Waals surface area contributed by atoms with Crippen LogP contribution in [0.4, 0.5) is 10.1 Å². The third-order valence-electron chi connectivity index (χ3n) is 2.90. The molecule has 0 aliphatic carbocycles. The Bertz CT molecular complexity index is 603. The molecular weight excluding hydrogens is 251 g/mol. The highest BCUT2D eigenvalue weighted by Gasteiger charge is 2.20. The smallest absolute Gasteiger partial charge is 0.149 e. The van der Waals surface area contributed by atoms with E-state index in [1.165, 1.54) is 6.07 Å².